The van der Waals surface area contributed by atoms with Gasteiger partial charge in [0.05, 0.1) is 25.5 Å². The highest BCUT2D eigenvalue weighted by Gasteiger charge is 2.15. The molecule has 1 N–H and O–H groups in total. The minimum absolute atomic E-state index is 0.292. The van der Waals surface area contributed by atoms with Crippen molar-refractivity contribution in [1.29, 1.82) is 0 Å². The molecule has 0 aliphatic rings. The van der Waals surface area contributed by atoms with Crippen molar-refractivity contribution in [1.82, 2.24) is 4.98 Å². The highest BCUT2D eigenvalue weighted by Crippen LogP contribution is 2.32. The molecule has 1 aromatic heterocycles. The molecule has 168 valence electrons. The van der Waals surface area contributed by atoms with Crippen LogP contribution in [0, 0.1) is 0 Å². The van der Waals surface area contributed by atoms with Gasteiger partial charge in [-0.05, 0) is 57.2 Å². The molecule has 0 saturated heterocycles. The van der Waals surface area contributed by atoms with Crippen molar-refractivity contribution >= 4 is 11.6 Å². The summed E-state index contributed by atoms with van der Waals surface area (Å²) in [6, 6.07) is 14.2. The second-order valence-corrected chi connectivity index (χ2v) is 6.72. The van der Waals surface area contributed by atoms with E-state index < -0.39 is 0 Å². The van der Waals surface area contributed by atoms with Gasteiger partial charge >= 0.3 is 0 Å². The molecule has 0 atom stereocenters. The zero-order chi connectivity index (χ0) is 22.8. The van der Waals surface area contributed by atoms with E-state index in [2.05, 4.69) is 10.3 Å². The number of carbonyl (C=O) groups excluding carboxylic acids is 1. The van der Waals surface area contributed by atoms with E-state index in [0.29, 0.717) is 60.7 Å². The molecule has 0 fully saturated rings. The minimum Gasteiger partial charge on any atom is -0.494 e. The molecule has 1 heterocycles. The third kappa shape index (κ3) is 6.14. The summed E-state index contributed by atoms with van der Waals surface area (Å²) in [6.45, 7) is 7.47. The van der Waals surface area contributed by atoms with Crippen molar-refractivity contribution in [3.05, 3.63) is 72.1 Å². The van der Waals surface area contributed by atoms with Crippen LogP contribution in [0.3, 0.4) is 0 Å². The number of ether oxygens (including phenoxy) is 4. The molecule has 3 aromatic rings. The van der Waals surface area contributed by atoms with Crippen molar-refractivity contribution in [2.75, 3.05) is 25.1 Å². The number of rotatable bonds is 11. The number of pyridine rings is 1. The van der Waals surface area contributed by atoms with E-state index in [1.165, 1.54) is 0 Å². The molecular formula is C25H28N2O5. The fraction of sp³-hybridized carbons (Fsp3) is 0.280. The second kappa shape index (κ2) is 11.6. The fourth-order valence-electron chi connectivity index (χ4n) is 3.02. The van der Waals surface area contributed by atoms with Gasteiger partial charge in [0.2, 0.25) is 0 Å². The maximum absolute atomic E-state index is 13.0. The van der Waals surface area contributed by atoms with Gasteiger partial charge in [-0.2, -0.15) is 0 Å². The first-order valence-corrected chi connectivity index (χ1v) is 10.6. The van der Waals surface area contributed by atoms with Crippen LogP contribution in [0.1, 0.15) is 36.7 Å². The van der Waals surface area contributed by atoms with Crippen molar-refractivity contribution in [2.45, 2.75) is 27.4 Å². The van der Waals surface area contributed by atoms with Crippen LogP contribution in [0.4, 0.5) is 5.69 Å². The smallest absolute Gasteiger partial charge is 0.255 e. The first-order chi connectivity index (χ1) is 15.6. The van der Waals surface area contributed by atoms with Crippen LogP contribution in [0.15, 0.2) is 60.9 Å². The van der Waals surface area contributed by atoms with Gasteiger partial charge in [0, 0.05) is 29.6 Å². The predicted octanol–water partition coefficient (Wildman–Crippen LogP) is 5.11. The number of carbonyl (C=O) groups is 1. The summed E-state index contributed by atoms with van der Waals surface area (Å²) >= 11 is 0. The number of hydrogen-bond acceptors (Lipinski definition) is 6. The van der Waals surface area contributed by atoms with Gasteiger partial charge in [-0.25, -0.2) is 0 Å². The van der Waals surface area contributed by atoms with Crippen molar-refractivity contribution in [3.8, 4) is 23.0 Å². The van der Waals surface area contributed by atoms with Crippen LogP contribution in [0.25, 0.3) is 0 Å². The lowest BCUT2D eigenvalue weighted by molar-refractivity contribution is 0.102. The van der Waals surface area contributed by atoms with Crippen molar-refractivity contribution in [3.63, 3.8) is 0 Å². The second-order valence-electron chi connectivity index (χ2n) is 6.72. The minimum atomic E-state index is -0.292. The Morgan fingerprint density at radius 3 is 2.31 bits per heavy atom. The number of anilines is 1. The molecule has 3 rings (SSSR count). The Balaban J connectivity index is 1.79. The molecule has 0 radical (unpaired) electrons. The molecule has 32 heavy (non-hydrogen) atoms. The van der Waals surface area contributed by atoms with Crippen molar-refractivity contribution in [2.24, 2.45) is 0 Å². The van der Waals surface area contributed by atoms with E-state index in [1.54, 1.807) is 42.7 Å². The number of hydrogen-bond donors (Lipinski definition) is 1. The van der Waals surface area contributed by atoms with Crippen molar-refractivity contribution < 1.29 is 23.7 Å². The molecular weight excluding hydrogens is 408 g/mol. The SMILES string of the molecule is CCOc1ccc(OCC)c(NC(=O)c2ccc(OCc3cccnc3)c(OCC)c2)c1. The quantitative estimate of drug-likeness (QED) is 0.450. The largest absolute Gasteiger partial charge is 0.494 e. The molecule has 0 aliphatic heterocycles. The van der Waals surface area contributed by atoms with Crippen LogP contribution < -0.4 is 24.3 Å². The summed E-state index contributed by atoms with van der Waals surface area (Å²) < 4.78 is 22.8. The summed E-state index contributed by atoms with van der Waals surface area (Å²) in [5.74, 6) is 1.99. The molecule has 0 aliphatic carbocycles. The molecule has 0 saturated carbocycles. The molecule has 7 heteroatoms. The third-order valence-corrected chi connectivity index (χ3v) is 4.43. The van der Waals surface area contributed by atoms with E-state index in [0.717, 1.165) is 5.56 Å². The lowest BCUT2D eigenvalue weighted by Crippen LogP contribution is -2.13. The van der Waals surface area contributed by atoms with Gasteiger partial charge in [0.25, 0.3) is 5.91 Å². The molecule has 0 spiro atoms. The van der Waals surface area contributed by atoms with Gasteiger partial charge in [-0.3, -0.25) is 9.78 Å². The standard InChI is InChI=1S/C25H28N2O5/c1-4-29-20-10-12-22(30-5-2)21(15-20)27-25(28)19-9-11-23(24(14-19)31-6-3)32-17-18-8-7-13-26-16-18/h7-16H,4-6,17H2,1-3H3,(H,27,28). The Morgan fingerprint density at radius 1 is 0.844 bits per heavy atom. The molecule has 0 bridgehead atoms. The van der Waals surface area contributed by atoms with E-state index >= 15 is 0 Å². The average Bonchev–Trinajstić information content (AvgIpc) is 2.81. The molecule has 1 amide bonds. The van der Waals surface area contributed by atoms with E-state index in [1.807, 2.05) is 39.0 Å². The number of nitrogens with zero attached hydrogens (tertiary/aromatic N) is 1. The van der Waals surface area contributed by atoms with Crippen LogP contribution in [-0.4, -0.2) is 30.7 Å². The third-order valence-electron chi connectivity index (χ3n) is 4.43. The topological polar surface area (TPSA) is 78.9 Å². The van der Waals surface area contributed by atoms with Crippen LogP contribution in [0.5, 0.6) is 23.0 Å². The summed E-state index contributed by atoms with van der Waals surface area (Å²) in [6.07, 6.45) is 3.46. The number of benzene rings is 2. The number of nitrogens with one attached hydrogen (secondary N) is 1. The Morgan fingerprint density at radius 2 is 1.59 bits per heavy atom. The summed E-state index contributed by atoms with van der Waals surface area (Å²) in [5.41, 5.74) is 1.92. The first-order valence-electron chi connectivity index (χ1n) is 10.6. The maximum atomic E-state index is 13.0. The Kier molecular flexibility index (Phi) is 8.31. The molecule has 2 aromatic carbocycles. The summed E-state index contributed by atoms with van der Waals surface area (Å²) in [5, 5.41) is 2.91. The summed E-state index contributed by atoms with van der Waals surface area (Å²) in [7, 11) is 0. The predicted molar refractivity (Wildman–Crippen MR) is 123 cm³/mol. The van der Waals surface area contributed by atoms with Crippen LogP contribution >= 0.6 is 0 Å². The molecule has 7 nitrogen and oxygen atoms in total. The first kappa shape index (κ1) is 22.9. The zero-order valence-electron chi connectivity index (χ0n) is 18.6. The number of amides is 1. The monoisotopic (exact) mass is 436 g/mol. The Labute approximate surface area is 188 Å². The maximum Gasteiger partial charge on any atom is 0.255 e. The zero-order valence-corrected chi connectivity index (χ0v) is 18.6. The highest BCUT2D eigenvalue weighted by atomic mass is 16.5. The summed E-state index contributed by atoms with van der Waals surface area (Å²) in [4.78, 5) is 17.1. The Bertz CT molecular complexity index is 1020. The lowest BCUT2D eigenvalue weighted by atomic mass is 10.1. The van der Waals surface area contributed by atoms with E-state index in [9.17, 15) is 4.79 Å². The van der Waals surface area contributed by atoms with Crippen LogP contribution in [0.2, 0.25) is 0 Å². The van der Waals surface area contributed by atoms with E-state index in [-0.39, 0.29) is 5.91 Å². The highest BCUT2D eigenvalue weighted by molar-refractivity contribution is 6.05. The lowest BCUT2D eigenvalue weighted by Gasteiger charge is -2.15. The van der Waals surface area contributed by atoms with Crippen LogP contribution in [-0.2, 0) is 6.61 Å². The molecule has 0 unspecified atom stereocenters. The van der Waals surface area contributed by atoms with Gasteiger partial charge < -0.3 is 24.3 Å². The Hall–Kier alpha value is -3.74. The fourth-order valence-corrected chi connectivity index (χ4v) is 3.02. The van der Waals surface area contributed by atoms with Gasteiger partial charge in [-0.1, -0.05) is 6.07 Å². The van der Waals surface area contributed by atoms with Gasteiger partial charge in [0.15, 0.2) is 11.5 Å². The average molecular weight is 437 g/mol. The number of aromatic nitrogens is 1. The van der Waals surface area contributed by atoms with E-state index in [4.69, 9.17) is 18.9 Å². The van der Waals surface area contributed by atoms with Gasteiger partial charge in [0.1, 0.15) is 18.1 Å². The normalized spacial score (nSPS) is 10.3. The van der Waals surface area contributed by atoms with Gasteiger partial charge in [-0.15, -0.1) is 0 Å².